The summed E-state index contributed by atoms with van der Waals surface area (Å²) in [6.07, 6.45) is 1.70. The van der Waals surface area contributed by atoms with Gasteiger partial charge >= 0.3 is 0 Å². The SMILES string of the molecule is Cc1cc(CSc2ncccc2C(=O)NCCN(C(C)C)C(C)C)no1. The Labute approximate surface area is 159 Å². The molecule has 6 nitrogen and oxygen atoms in total. The van der Waals surface area contributed by atoms with Crippen molar-refractivity contribution in [3.05, 3.63) is 41.4 Å². The van der Waals surface area contributed by atoms with E-state index < -0.39 is 0 Å². The molecule has 0 saturated heterocycles. The van der Waals surface area contributed by atoms with Gasteiger partial charge in [-0.2, -0.15) is 0 Å². The highest BCUT2D eigenvalue weighted by molar-refractivity contribution is 7.98. The molecule has 0 saturated carbocycles. The largest absolute Gasteiger partial charge is 0.361 e. The molecule has 1 amide bonds. The maximum atomic E-state index is 12.6. The van der Waals surface area contributed by atoms with E-state index in [9.17, 15) is 4.79 Å². The monoisotopic (exact) mass is 376 g/mol. The predicted molar refractivity (Wildman–Crippen MR) is 104 cm³/mol. The van der Waals surface area contributed by atoms with Crippen LogP contribution in [0.3, 0.4) is 0 Å². The van der Waals surface area contributed by atoms with Crippen molar-refractivity contribution < 1.29 is 9.32 Å². The van der Waals surface area contributed by atoms with Crippen molar-refractivity contribution in [1.29, 1.82) is 0 Å². The third kappa shape index (κ3) is 5.85. The highest BCUT2D eigenvalue weighted by Crippen LogP contribution is 2.24. The number of amides is 1. The molecule has 2 aromatic rings. The molecule has 142 valence electrons. The molecule has 0 aliphatic heterocycles. The fraction of sp³-hybridized carbons (Fsp3) is 0.526. The number of aromatic nitrogens is 2. The molecule has 0 spiro atoms. The summed E-state index contributed by atoms with van der Waals surface area (Å²) in [6, 6.07) is 6.38. The van der Waals surface area contributed by atoms with Crippen LogP contribution in [-0.2, 0) is 5.75 Å². The van der Waals surface area contributed by atoms with Crippen LogP contribution in [0.5, 0.6) is 0 Å². The fourth-order valence-corrected chi connectivity index (χ4v) is 3.69. The molecule has 0 atom stereocenters. The Morgan fingerprint density at radius 1 is 1.31 bits per heavy atom. The number of nitrogens with zero attached hydrogens (tertiary/aromatic N) is 3. The molecular formula is C19H28N4O2S. The lowest BCUT2D eigenvalue weighted by Gasteiger charge is -2.30. The molecule has 0 radical (unpaired) electrons. The van der Waals surface area contributed by atoms with Gasteiger partial charge in [0, 0.05) is 43.2 Å². The summed E-state index contributed by atoms with van der Waals surface area (Å²) in [5.41, 5.74) is 1.44. The molecule has 0 aromatic carbocycles. The van der Waals surface area contributed by atoms with Gasteiger partial charge in [-0.3, -0.25) is 9.69 Å². The lowest BCUT2D eigenvalue weighted by atomic mass is 10.2. The summed E-state index contributed by atoms with van der Waals surface area (Å²) in [5.74, 6) is 1.30. The number of pyridine rings is 1. The zero-order valence-corrected chi connectivity index (χ0v) is 17.0. The average Bonchev–Trinajstić information content (AvgIpc) is 3.01. The topological polar surface area (TPSA) is 71.3 Å². The summed E-state index contributed by atoms with van der Waals surface area (Å²) >= 11 is 1.49. The van der Waals surface area contributed by atoms with Crippen LogP contribution in [0, 0.1) is 6.92 Å². The molecule has 1 N–H and O–H groups in total. The first kappa shape index (κ1) is 20.5. The minimum atomic E-state index is -0.0932. The number of rotatable bonds is 9. The number of nitrogens with one attached hydrogen (secondary N) is 1. The van der Waals surface area contributed by atoms with E-state index in [-0.39, 0.29) is 5.91 Å². The molecule has 0 unspecified atom stereocenters. The molecule has 2 heterocycles. The molecule has 2 rings (SSSR count). The summed E-state index contributed by atoms with van der Waals surface area (Å²) in [5, 5.41) is 7.70. The third-order valence-corrected chi connectivity index (χ3v) is 5.07. The zero-order valence-electron chi connectivity index (χ0n) is 16.2. The summed E-state index contributed by atoms with van der Waals surface area (Å²) in [7, 11) is 0. The second kappa shape index (κ2) is 9.73. The van der Waals surface area contributed by atoms with Crippen molar-refractivity contribution in [2.75, 3.05) is 13.1 Å². The number of thioether (sulfide) groups is 1. The smallest absolute Gasteiger partial charge is 0.254 e. The van der Waals surface area contributed by atoms with Crippen LogP contribution < -0.4 is 5.32 Å². The molecular weight excluding hydrogens is 348 g/mol. The van der Waals surface area contributed by atoms with E-state index >= 15 is 0 Å². The number of hydrogen-bond donors (Lipinski definition) is 1. The van der Waals surface area contributed by atoms with Crippen LogP contribution >= 0.6 is 11.8 Å². The number of aryl methyl sites for hydroxylation is 1. The highest BCUT2D eigenvalue weighted by atomic mass is 32.2. The van der Waals surface area contributed by atoms with Gasteiger partial charge in [0.25, 0.3) is 5.91 Å². The van der Waals surface area contributed by atoms with Crippen molar-refractivity contribution >= 4 is 17.7 Å². The minimum absolute atomic E-state index is 0.0932. The van der Waals surface area contributed by atoms with Gasteiger partial charge in [-0.05, 0) is 46.8 Å². The van der Waals surface area contributed by atoms with E-state index in [0.717, 1.165) is 18.0 Å². The van der Waals surface area contributed by atoms with Crippen molar-refractivity contribution in [3.63, 3.8) is 0 Å². The van der Waals surface area contributed by atoms with Gasteiger partial charge < -0.3 is 9.84 Å². The van der Waals surface area contributed by atoms with Gasteiger partial charge in [0.1, 0.15) is 10.8 Å². The average molecular weight is 377 g/mol. The van der Waals surface area contributed by atoms with Crippen molar-refractivity contribution in [3.8, 4) is 0 Å². The molecule has 0 aliphatic carbocycles. The van der Waals surface area contributed by atoms with Crippen molar-refractivity contribution in [2.24, 2.45) is 0 Å². The fourth-order valence-electron chi connectivity index (χ4n) is 2.81. The first-order valence-corrected chi connectivity index (χ1v) is 9.91. The van der Waals surface area contributed by atoms with Crippen LogP contribution in [0.2, 0.25) is 0 Å². The third-order valence-electron chi connectivity index (χ3n) is 4.03. The van der Waals surface area contributed by atoms with E-state index in [0.29, 0.717) is 35.0 Å². The highest BCUT2D eigenvalue weighted by Gasteiger charge is 2.16. The van der Waals surface area contributed by atoms with E-state index in [1.807, 2.05) is 13.0 Å². The molecule has 2 aromatic heterocycles. The molecule has 7 heteroatoms. The Morgan fingerprint density at radius 3 is 2.65 bits per heavy atom. The van der Waals surface area contributed by atoms with E-state index in [1.165, 1.54) is 11.8 Å². The van der Waals surface area contributed by atoms with Gasteiger partial charge in [-0.15, -0.1) is 0 Å². The Kier molecular flexibility index (Phi) is 7.66. The standard InChI is InChI=1S/C19H28N4O2S/c1-13(2)23(14(3)4)10-9-20-18(24)17-7-6-8-21-19(17)26-12-16-11-15(5)25-22-16/h6-8,11,13-14H,9-10,12H2,1-5H3,(H,20,24). The normalized spacial score (nSPS) is 11.5. The first-order chi connectivity index (χ1) is 12.4. The lowest BCUT2D eigenvalue weighted by molar-refractivity contribution is 0.0936. The number of carbonyl (C=O) groups excluding carboxylic acids is 1. The molecule has 0 aliphatic rings. The van der Waals surface area contributed by atoms with Gasteiger partial charge in [0.15, 0.2) is 0 Å². The van der Waals surface area contributed by atoms with Gasteiger partial charge in [-0.1, -0.05) is 16.9 Å². The summed E-state index contributed by atoms with van der Waals surface area (Å²) in [6.45, 7) is 12.0. The second-order valence-corrected chi connectivity index (χ2v) is 7.72. The Bertz CT molecular complexity index is 707. The van der Waals surface area contributed by atoms with Crippen LogP contribution in [-0.4, -0.2) is 46.1 Å². The van der Waals surface area contributed by atoms with Crippen LogP contribution in [0.1, 0.15) is 49.5 Å². The van der Waals surface area contributed by atoms with Gasteiger partial charge in [0.2, 0.25) is 0 Å². The lowest BCUT2D eigenvalue weighted by Crippen LogP contribution is -2.42. The van der Waals surface area contributed by atoms with E-state index in [4.69, 9.17) is 4.52 Å². The molecule has 26 heavy (non-hydrogen) atoms. The molecule has 0 fully saturated rings. The Balaban J connectivity index is 1.94. The van der Waals surface area contributed by atoms with E-state index in [1.54, 1.807) is 18.3 Å². The predicted octanol–water partition coefficient (Wildman–Crippen LogP) is 3.52. The van der Waals surface area contributed by atoms with Crippen LogP contribution in [0.15, 0.2) is 33.9 Å². The van der Waals surface area contributed by atoms with Crippen molar-refractivity contribution in [2.45, 2.75) is 57.5 Å². The number of carbonyl (C=O) groups is 1. The molecule has 0 bridgehead atoms. The zero-order chi connectivity index (χ0) is 19.1. The Morgan fingerprint density at radius 2 is 2.04 bits per heavy atom. The number of hydrogen-bond acceptors (Lipinski definition) is 6. The second-order valence-electron chi connectivity index (χ2n) is 6.75. The first-order valence-electron chi connectivity index (χ1n) is 8.92. The van der Waals surface area contributed by atoms with E-state index in [2.05, 4.69) is 48.1 Å². The quantitative estimate of drug-likeness (QED) is 0.675. The van der Waals surface area contributed by atoms with Crippen LogP contribution in [0.4, 0.5) is 0 Å². The van der Waals surface area contributed by atoms with Crippen LogP contribution in [0.25, 0.3) is 0 Å². The van der Waals surface area contributed by atoms with Gasteiger partial charge in [-0.25, -0.2) is 4.98 Å². The summed E-state index contributed by atoms with van der Waals surface area (Å²) in [4.78, 5) is 19.3. The Hall–Kier alpha value is -1.86. The maximum absolute atomic E-state index is 12.6. The maximum Gasteiger partial charge on any atom is 0.254 e. The minimum Gasteiger partial charge on any atom is -0.361 e. The summed E-state index contributed by atoms with van der Waals surface area (Å²) < 4.78 is 5.08. The van der Waals surface area contributed by atoms with Gasteiger partial charge in [0.05, 0.1) is 11.3 Å². The van der Waals surface area contributed by atoms with Crippen molar-refractivity contribution in [1.82, 2.24) is 20.4 Å².